The van der Waals surface area contributed by atoms with E-state index in [-0.39, 0.29) is 12.1 Å². The number of cyclic esters (lactones) is 1. The lowest BCUT2D eigenvalue weighted by molar-refractivity contribution is 0.177. The highest BCUT2D eigenvalue weighted by Crippen LogP contribution is 2.27. The average Bonchev–Trinajstić information content (AvgIpc) is 2.57. The molecule has 1 saturated heterocycles. The number of hydrogen-bond donors (Lipinski definition) is 1. The van der Waals surface area contributed by atoms with Crippen molar-refractivity contribution in [3.8, 4) is 0 Å². The topological polar surface area (TPSA) is 38.3 Å². The Morgan fingerprint density at radius 3 is 2.93 bits per heavy atom. The summed E-state index contributed by atoms with van der Waals surface area (Å²) in [6.45, 7) is 0.368. The molecule has 0 unspecified atom stereocenters. The fourth-order valence-electron chi connectivity index (χ4n) is 1.29. The van der Waals surface area contributed by atoms with Crippen LogP contribution in [0.2, 0.25) is 5.02 Å². The largest absolute Gasteiger partial charge is 0.447 e. The molecule has 1 aromatic rings. The molecule has 0 spiro atoms. The standard InChI is InChI=1S/C9H7BrClNO2/c10-6-3-5(1-2-7(6)11)8-4-14-9(13)12-8/h1-3,8H,4H2,(H,12,13)/t8-/m0/s1. The van der Waals surface area contributed by atoms with Gasteiger partial charge in [-0.25, -0.2) is 4.79 Å². The van der Waals surface area contributed by atoms with Crippen LogP contribution < -0.4 is 5.32 Å². The summed E-state index contributed by atoms with van der Waals surface area (Å²) in [6, 6.07) is 5.45. The second-order valence-electron chi connectivity index (χ2n) is 2.97. The van der Waals surface area contributed by atoms with Gasteiger partial charge in [0.1, 0.15) is 6.61 Å². The Morgan fingerprint density at radius 2 is 2.36 bits per heavy atom. The Hall–Kier alpha value is -0.740. The van der Waals surface area contributed by atoms with E-state index in [1.165, 1.54) is 0 Å². The predicted octanol–water partition coefficient (Wildman–Crippen LogP) is 2.88. The molecule has 0 aromatic heterocycles. The molecule has 14 heavy (non-hydrogen) atoms. The SMILES string of the molecule is O=C1N[C@H](c2ccc(Cl)c(Br)c2)CO1. The highest BCUT2D eigenvalue weighted by molar-refractivity contribution is 9.10. The highest BCUT2D eigenvalue weighted by atomic mass is 79.9. The van der Waals surface area contributed by atoms with E-state index in [0.717, 1.165) is 10.0 Å². The van der Waals surface area contributed by atoms with Crippen LogP contribution in [0.5, 0.6) is 0 Å². The van der Waals surface area contributed by atoms with Crippen molar-refractivity contribution in [3.63, 3.8) is 0 Å². The van der Waals surface area contributed by atoms with Crippen LogP contribution in [-0.2, 0) is 4.74 Å². The minimum atomic E-state index is -0.374. The van der Waals surface area contributed by atoms with Crippen molar-refractivity contribution in [2.24, 2.45) is 0 Å². The molecule has 0 radical (unpaired) electrons. The van der Waals surface area contributed by atoms with Gasteiger partial charge in [0, 0.05) is 4.47 Å². The summed E-state index contributed by atoms with van der Waals surface area (Å²) in [7, 11) is 0. The summed E-state index contributed by atoms with van der Waals surface area (Å²) in [5.41, 5.74) is 0.979. The Kier molecular flexibility index (Phi) is 2.65. The van der Waals surface area contributed by atoms with Gasteiger partial charge in [0.2, 0.25) is 0 Å². The first-order valence-electron chi connectivity index (χ1n) is 4.05. The van der Waals surface area contributed by atoms with E-state index in [9.17, 15) is 4.79 Å². The van der Waals surface area contributed by atoms with Gasteiger partial charge in [0.05, 0.1) is 11.1 Å². The minimum Gasteiger partial charge on any atom is -0.447 e. The van der Waals surface area contributed by atoms with Gasteiger partial charge in [-0.05, 0) is 33.6 Å². The second kappa shape index (κ2) is 3.79. The summed E-state index contributed by atoms with van der Waals surface area (Å²) in [6.07, 6.45) is -0.374. The number of rotatable bonds is 1. The number of carbonyl (C=O) groups excluding carboxylic acids is 1. The lowest BCUT2D eigenvalue weighted by Crippen LogP contribution is -2.18. The molecule has 5 heteroatoms. The molecule has 2 rings (SSSR count). The number of nitrogens with one attached hydrogen (secondary N) is 1. The summed E-state index contributed by atoms with van der Waals surface area (Å²) in [5.74, 6) is 0. The molecule has 74 valence electrons. The number of amides is 1. The van der Waals surface area contributed by atoms with E-state index in [0.29, 0.717) is 11.6 Å². The predicted molar refractivity (Wildman–Crippen MR) is 56.4 cm³/mol. The quantitative estimate of drug-likeness (QED) is 0.856. The van der Waals surface area contributed by atoms with E-state index in [2.05, 4.69) is 21.2 Å². The Labute approximate surface area is 94.5 Å². The fraction of sp³-hybridized carbons (Fsp3) is 0.222. The second-order valence-corrected chi connectivity index (χ2v) is 4.23. The van der Waals surface area contributed by atoms with Crippen LogP contribution in [0.25, 0.3) is 0 Å². The van der Waals surface area contributed by atoms with Crippen LogP contribution >= 0.6 is 27.5 Å². The van der Waals surface area contributed by atoms with E-state index in [1.54, 1.807) is 6.07 Å². The molecule has 1 atom stereocenters. The molecule has 1 aromatic carbocycles. The average molecular weight is 277 g/mol. The van der Waals surface area contributed by atoms with Crippen LogP contribution in [0.1, 0.15) is 11.6 Å². The Bertz CT molecular complexity index is 383. The van der Waals surface area contributed by atoms with Crippen molar-refractivity contribution in [2.45, 2.75) is 6.04 Å². The van der Waals surface area contributed by atoms with Gasteiger partial charge < -0.3 is 10.1 Å². The zero-order chi connectivity index (χ0) is 10.1. The number of carbonyl (C=O) groups is 1. The molecule has 1 N–H and O–H groups in total. The Balaban J connectivity index is 2.24. The lowest BCUT2D eigenvalue weighted by Gasteiger charge is -2.08. The minimum absolute atomic E-state index is 0.0731. The van der Waals surface area contributed by atoms with E-state index in [1.807, 2.05) is 12.1 Å². The number of hydrogen-bond acceptors (Lipinski definition) is 2. The van der Waals surface area contributed by atoms with Gasteiger partial charge in [0.15, 0.2) is 0 Å². The third-order valence-electron chi connectivity index (χ3n) is 2.02. The van der Waals surface area contributed by atoms with Crippen molar-refractivity contribution < 1.29 is 9.53 Å². The van der Waals surface area contributed by atoms with Crippen molar-refractivity contribution in [2.75, 3.05) is 6.61 Å². The van der Waals surface area contributed by atoms with Gasteiger partial charge in [-0.3, -0.25) is 0 Å². The third kappa shape index (κ3) is 1.86. The van der Waals surface area contributed by atoms with Gasteiger partial charge >= 0.3 is 6.09 Å². The summed E-state index contributed by atoms with van der Waals surface area (Å²) in [4.78, 5) is 10.8. The van der Waals surface area contributed by atoms with Gasteiger partial charge in [0.25, 0.3) is 0 Å². The molecule has 1 aliphatic heterocycles. The first-order valence-corrected chi connectivity index (χ1v) is 5.22. The normalized spacial score (nSPS) is 20.4. The third-order valence-corrected chi connectivity index (χ3v) is 3.23. The maximum atomic E-state index is 10.8. The van der Waals surface area contributed by atoms with E-state index < -0.39 is 0 Å². The van der Waals surface area contributed by atoms with Crippen LogP contribution in [0, 0.1) is 0 Å². The molecular formula is C9H7BrClNO2. The molecule has 1 aliphatic rings. The first-order chi connectivity index (χ1) is 6.66. The Morgan fingerprint density at radius 1 is 1.57 bits per heavy atom. The highest BCUT2D eigenvalue weighted by Gasteiger charge is 2.23. The maximum absolute atomic E-state index is 10.8. The molecule has 0 saturated carbocycles. The smallest absolute Gasteiger partial charge is 0.407 e. The van der Waals surface area contributed by atoms with E-state index in [4.69, 9.17) is 16.3 Å². The van der Waals surface area contributed by atoms with Crippen LogP contribution in [0.3, 0.4) is 0 Å². The van der Waals surface area contributed by atoms with Crippen molar-refractivity contribution in [3.05, 3.63) is 33.3 Å². The summed E-state index contributed by atoms with van der Waals surface area (Å²) < 4.78 is 5.61. The molecule has 1 amide bonds. The van der Waals surface area contributed by atoms with Crippen molar-refractivity contribution >= 4 is 33.6 Å². The zero-order valence-electron chi connectivity index (χ0n) is 7.09. The van der Waals surface area contributed by atoms with Crippen LogP contribution in [0.15, 0.2) is 22.7 Å². The number of benzene rings is 1. The van der Waals surface area contributed by atoms with Crippen molar-refractivity contribution in [1.82, 2.24) is 5.32 Å². The molecule has 0 bridgehead atoms. The zero-order valence-corrected chi connectivity index (χ0v) is 9.43. The van der Waals surface area contributed by atoms with Gasteiger partial charge in [-0.1, -0.05) is 17.7 Å². The summed E-state index contributed by atoms with van der Waals surface area (Å²) >= 11 is 9.17. The molecule has 0 aliphatic carbocycles. The molecule has 3 nitrogen and oxygen atoms in total. The molecule has 1 fully saturated rings. The van der Waals surface area contributed by atoms with Gasteiger partial charge in [-0.15, -0.1) is 0 Å². The molecular weight excluding hydrogens is 269 g/mol. The van der Waals surface area contributed by atoms with Crippen molar-refractivity contribution in [1.29, 1.82) is 0 Å². The number of ether oxygens (including phenoxy) is 1. The summed E-state index contributed by atoms with van der Waals surface area (Å²) in [5, 5.41) is 3.34. The first kappa shape index (κ1) is 9.80. The maximum Gasteiger partial charge on any atom is 0.407 e. The number of halogens is 2. The molecule has 1 heterocycles. The van der Waals surface area contributed by atoms with E-state index >= 15 is 0 Å². The van der Waals surface area contributed by atoms with Crippen LogP contribution in [-0.4, -0.2) is 12.7 Å². The number of alkyl carbamates (subject to hydrolysis) is 1. The lowest BCUT2D eigenvalue weighted by atomic mass is 10.1. The van der Waals surface area contributed by atoms with Gasteiger partial charge in [-0.2, -0.15) is 0 Å². The monoisotopic (exact) mass is 275 g/mol. The fourth-order valence-corrected chi connectivity index (χ4v) is 1.81. The van der Waals surface area contributed by atoms with Crippen LogP contribution in [0.4, 0.5) is 4.79 Å².